The van der Waals surface area contributed by atoms with Crippen LogP contribution in [0, 0.1) is 0 Å². The molecule has 0 radical (unpaired) electrons. The van der Waals surface area contributed by atoms with Gasteiger partial charge in [-0.25, -0.2) is 4.79 Å². The van der Waals surface area contributed by atoms with Gasteiger partial charge in [0.15, 0.2) is 0 Å². The van der Waals surface area contributed by atoms with Crippen molar-refractivity contribution in [3.8, 4) is 0 Å². The molecule has 7 heteroatoms. The predicted molar refractivity (Wildman–Crippen MR) is 107 cm³/mol. The number of rotatable bonds is 9. The van der Waals surface area contributed by atoms with Crippen molar-refractivity contribution in [3.05, 3.63) is 40.2 Å². The summed E-state index contributed by atoms with van der Waals surface area (Å²) in [7, 11) is 1.69. The molecule has 0 aliphatic carbocycles. The van der Waals surface area contributed by atoms with Crippen LogP contribution in [0.5, 0.6) is 0 Å². The van der Waals surface area contributed by atoms with Crippen molar-refractivity contribution in [3.63, 3.8) is 0 Å². The van der Waals surface area contributed by atoms with Crippen LogP contribution in [0.25, 0.3) is 11.0 Å². The lowest BCUT2D eigenvalue weighted by atomic mass is 10.1. The first-order chi connectivity index (χ1) is 12.9. The number of carbonyl (C=O) groups excluding carboxylic acids is 2. The van der Waals surface area contributed by atoms with Crippen LogP contribution in [0.3, 0.4) is 0 Å². The third kappa shape index (κ3) is 4.95. The topological polar surface area (TPSA) is 91.7 Å². The normalized spacial score (nSPS) is 12.0. The number of benzene rings is 1. The second-order valence-electron chi connectivity index (χ2n) is 6.34. The lowest BCUT2D eigenvalue weighted by Crippen LogP contribution is -2.37. The lowest BCUT2D eigenvalue weighted by molar-refractivity contribution is -0.119. The van der Waals surface area contributed by atoms with E-state index < -0.39 is 11.5 Å². The van der Waals surface area contributed by atoms with Crippen molar-refractivity contribution >= 4 is 28.3 Å². The molecule has 0 saturated heterocycles. The predicted octanol–water partition coefficient (Wildman–Crippen LogP) is 1.94. The van der Waals surface area contributed by atoms with Crippen molar-refractivity contribution in [1.82, 2.24) is 10.6 Å². The summed E-state index contributed by atoms with van der Waals surface area (Å²) in [6.07, 6.45) is 0.448. The average Bonchev–Trinajstić information content (AvgIpc) is 2.65. The zero-order chi connectivity index (χ0) is 20.0. The van der Waals surface area contributed by atoms with Crippen LogP contribution in [0.1, 0.15) is 37.6 Å². The summed E-state index contributed by atoms with van der Waals surface area (Å²) in [6.45, 7) is 7.58. The molecule has 1 amide bonds. The summed E-state index contributed by atoms with van der Waals surface area (Å²) in [4.78, 5) is 38.1. The molecular weight excluding hydrogens is 346 g/mol. The first kappa shape index (κ1) is 20.6. The van der Waals surface area contributed by atoms with Gasteiger partial charge in [0.05, 0.1) is 6.04 Å². The minimum absolute atomic E-state index is 0.000902. The molecule has 0 saturated carbocycles. The van der Waals surface area contributed by atoms with E-state index in [1.807, 2.05) is 18.2 Å². The minimum Gasteiger partial charge on any atom is -0.422 e. The summed E-state index contributed by atoms with van der Waals surface area (Å²) in [5, 5.41) is 6.25. The van der Waals surface area contributed by atoms with Gasteiger partial charge < -0.3 is 20.0 Å². The zero-order valence-corrected chi connectivity index (χ0v) is 16.3. The van der Waals surface area contributed by atoms with Gasteiger partial charge >= 0.3 is 5.63 Å². The van der Waals surface area contributed by atoms with Crippen molar-refractivity contribution in [1.29, 1.82) is 0 Å². The molecule has 2 N–H and O–H groups in total. The van der Waals surface area contributed by atoms with Gasteiger partial charge in [-0.05, 0) is 52.4 Å². The molecule has 146 valence electrons. The van der Waals surface area contributed by atoms with E-state index in [1.165, 1.54) is 6.92 Å². The Morgan fingerprint density at radius 2 is 1.89 bits per heavy atom. The molecule has 1 atom stereocenters. The molecule has 0 spiro atoms. The Bertz CT molecular complexity index is 871. The van der Waals surface area contributed by atoms with E-state index in [9.17, 15) is 14.4 Å². The highest BCUT2D eigenvalue weighted by molar-refractivity contribution is 5.97. The highest BCUT2D eigenvalue weighted by Gasteiger charge is 2.16. The standard InChI is InChI=1S/C20H27N3O4/c1-5-23(6-2)15-8-7-14-11-16(20(26)27-18(14)12-15)19(25)22-10-9-17(21-4)13(3)24/h7-8,11-12,17,21H,5-6,9-10H2,1-4H3,(H,22,25)/t17-/m0/s1. The summed E-state index contributed by atoms with van der Waals surface area (Å²) in [6, 6.07) is 6.83. The molecule has 7 nitrogen and oxygen atoms in total. The van der Waals surface area contributed by atoms with Gasteiger partial charge in [-0.2, -0.15) is 0 Å². The first-order valence-electron chi connectivity index (χ1n) is 9.20. The average molecular weight is 373 g/mol. The van der Waals surface area contributed by atoms with Gasteiger partial charge in [-0.15, -0.1) is 0 Å². The Hall–Kier alpha value is -2.67. The van der Waals surface area contributed by atoms with E-state index in [2.05, 4.69) is 29.4 Å². The number of ketones is 1. The van der Waals surface area contributed by atoms with Gasteiger partial charge in [0.2, 0.25) is 0 Å². The molecule has 27 heavy (non-hydrogen) atoms. The van der Waals surface area contributed by atoms with Gasteiger partial charge in [0, 0.05) is 36.8 Å². The number of hydrogen-bond donors (Lipinski definition) is 2. The SMILES string of the molecule is CCN(CC)c1ccc2cc(C(=O)NCC[C@H](NC)C(C)=O)c(=O)oc2c1. The maximum atomic E-state index is 12.3. The van der Waals surface area contributed by atoms with Crippen molar-refractivity contribution in [2.75, 3.05) is 31.6 Å². The number of amides is 1. The summed E-state index contributed by atoms with van der Waals surface area (Å²) in [5.74, 6) is -0.502. The molecule has 0 aliphatic heterocycles. The van der Waals surface area contributed by atoms with E-state index in [0.29, 0.717) is 17.4 Å². The molecule has 0 bridgehead atoms. The number of likely N-dealkylation sites (N-methyl/N-ethyl adjacent to an activating group) is 1. The van der Waals surface area contributed by atoms with Crippen molar-refractivity contribution < 1.29 is 14.0 Å². The second kappa shape index (κ2) is 9.32. The van der Waals surface area contributed by atoms with Crippen LogP contribution in [-0.2, 0) is 4.79 Å². The number of fused-ring (bicyclic) bond motifs is 1. The highest BCUT2D eigenvalue weighted by atomic mass is 16.4. The van der Waals surface area contributed by atoms with Crippen LogP contribution in [-0.4, -0.2) is 44.4 Å². The Morgan fingerprint density at radius 1 is 1.19 bits per heavy atom. The minimum atomic E-state index is -0.673. The third-order valence-corrected chi connectivity index (χ3v) is 4.65. The molecule has 0 aliphatic rings. The van der Waals surface area contributed by atoms with E-state index in [1.54, 1.807) is 13.1 Å². The van der Waals surface area contributed by atoms with Crippen LogP contribution < -0.4 is 21.2 Å². The van der Waals surface area contributed by atoms with E-state index >= 15 is 0 Å². The Balaban J connectivity index is 2.18. The fourth-order valence-corrected chi connectivity index (χ4v) is 3.02. The molecule has 1 aromatic heterocycles. The van der Waals surface area contributed by atoms with Gasteiger partial charge in [-0.1, -0.05) is 0 Å². The molecule has 2 aromatic rings. The number of hydrogen-bond acceptors (Lipinski definition) is 6. The number of anilines is 1. The zero-order valence-electron chi connectivity index (χ0n) is 16.3. The summed E-state index contributed by atoms with van der Waals surface area (Å²) >= 11 is 0. The fourth-order valence-electron chi connectivity index (χ4n) is 3.02. The highest BCUT2D eigenvalue weighted by Crippen LogP contribution is 2.21. The quantitative estimate of drug-likeness (QED) is 0.653. The summed E-state index contributed by atoms with van der Waals surface area (Å²) < 4.78 is 5.37. The maximum absolute atomic E-state index is 12.3. The maximum Gasteiger partial charge on any atom is 0.349 e. The van der Waals surface area contributed by atoms with Crippen molar-refractivity contribution in [2.24, 2.45) is 0 Å². The van der Waals surface area contributed by atoms with E-state index in [0.717, 1.165) is 18.8 Å². The smallest absolute Gasteiger partial charge is 0.349 e. The van der Waals surface area contributed by atoms with Crippen LogP contribution in [0.4, 0.5) is 5.69 Å². The number of nitrogens with one attached hydrogen (secondary N) is 2. The Labute approximate surface area is 158 Å². The largest absolute Gasteiger partial charge is 0.422 e. The molecule has 2 rings (SSSR count). The van der Waals surface area contributed by atoms with Gasteiger partial charge in [-0.3, -0.25) is 9.59 Å². The Kier molecular flexibility index (Phi) is 7.12. The summed E-state index contributed by atoms with van der Waals surface area (Å²) in [5.41, 5.74) is 0.707. The number of Topliss-reactive ketones (excluding diaryl/α,β-unsaturated/α-hetero) is 1. The number of nitrogens with zero attached hydrogens (tertiary/aromatic N) is 1. The van der Waals surface area contributed by atoms with Crippen LogP contribution >= 0.6 is 0 Å². The third-order valence-electron chi connectivity index (χ3n) is 4.65. The monoisotopic (exact) mass is 373 g/mol. The molecule has 0 unspecified atom stereocenters. The lowest BCUT2D eigenvalue weighted by Gasteiger charge is -2.21. The molecule has 1 heterocycles. The number of carbonyl (C=O) groups is 2. The molecule has 0 fully saturated rings. The first-order valence-corrected chi connectivity index (χ1v) is 9.20. The van der Waals surface area contributed by atoms with E-state index in [-0.39, 0.29) is 23.9 Å². The molecular formula is C20H27N3O4. The fraction of sp³-hybridized carbons (Fsp3) is 0.450. The van der Waals surface area contributed by atoms with Crippen molar-refractivity contribution in [2.45, 2.75) is 33.2 Å². The van der Waals surface area contributed by atoms with E-state index in [4.69, 9.17) is 4.42 Å². The Morgan fingerprint density at radius 3 is 2.48 bits per heavy atom. The van der Waals surface area contributed by atoms with Gasteiger partial charge in [0.1, 0.15) is 16.9 Å². The van der Waals surface area contributed by atoms with Gasteiger partial charge in [0.25, 0.3) is 5.91 Å². The second-order valence-corrected chi connectivity index (χ2v) is 6.34. The van der Waals surface area contributed by atoms with Crippen LogP contribution in [0.15, 0.2) is 33.5 Å². The van der Waals surface area contributed by atoms with Crippen LogP contribution in [0.2, 0.25) is 0 Å². The molecule has 1 aromatic carbocycles.